The molecule has 1 aliphatic heterocycles. The summed E-state index contributed by atoms with van der Waals surface area (Å²) in [7, 11) is 0. The van der Waals surface area contributed by atoms with E-state index in [0.717, 1.165) is 0 Å². The Morgan fingerprint density at radius 2 is 2.16 bits per heavy atom. The van der Waals surface area contributed by atoms with E-state index < -0.39 is 5.54 Å². The van der Waals surface area contributed by atoms with Crippen LogP contribution in [-0.4, -0.2) is 28.7 Å². The van der Waals surface area contributed by atoms with Crippen LogP contribution in [-0.2, 0) is 16.0 Å². The molecule has 1 aromatic rings. The first-order valence-electron chi connectivity index (χ1n) is 6.49. The quantitative estimate of drug-likeness (QED) is 0.821. The molecule has 0 atom stereocenters. The van der Waals surface area contributed by atoms with E-state index >= 15 is 0 Å². The van der Waals surface area contributed by atoms with Gasteiger partial charge < -0.3 is 4.90 Å². The summed E-state index contributed by atoms with van der Waals surface area (Å²) in [6.07, 6.45) is 1.36. The largest absolute Gasteiger partial charge is 0.330 e. The molecule has 1 aromatic carbocycles. The molecule has 1 amide bonds. The zero-order valence-electron chi connectivity index (χ0n) is 11.3. The summed E-state index contributed by atoms with van der Waals surface area (Å²) in [6.45, 7) is 4.14. The van der Waals surface area contributed by atoms with Crippen molar-refractivity contribution in [3.8, 4) is 0 Å². The van der Waals surface area contributed by atoms with E-state index in [1.54, 1.807) is 30.9 Å². The molecule has 1 fully saturated rings. The van der Waals surface area contributed by atoms with E-state index in [1.165, 1.54) is 12.1 Å². The van der Waals surface area contributed by atoms with Gasteiger partial charge >= 0.3 is 0 Å². The highest BCUT2D eigenvalue weighted by Crippen LogP contribution is 2.25. The maximum atomic E-state index is 13.1. The number of hydrogen-bond donors (Lipinski definition) is 0. The van der Waals surface area contributed by atoms with Crippen LogP contribution in [0, 0.1) is 5.82 Å². The number of amides is 1. The second-order valence-corrected chi connectivity index (χ2v) is 5.44. The molecule has 0 bridgehead atoms. The second-order valence-electron chi connectivity index (χ2n) is 5.44. The first kappa shape index (κ1) is 13.7. The Morgan fingerprint density at radius 3 is 2.84 bits per heavy atom. The summed E-state index contributed by atoms with van der Waals surface area (Å²) >= 11 is 0. The molecule has 1 heterocycles. The number of carbonyl (C=O) groups excluding carboxylic acids is 2. The first-order valence-corrected chi connectivity index (χ1v) is 6.49. The van der Waals surface area contributed by atoms with E-state index in [9.17, 15) is 14.0 Å². The van der Waals surface area contributed by atoms with Crippen LogP contribution >= 0.6 is 0 Å². The molecule has 1 aliphatic rings. The maximum absolute atomic E-state index is 13.1. The van der Waals surface area contributed by atoms with Crippen molar-refractivity contribution in [2.24, 2.45) is 0 Å². The van der Waals surface area contributed by atoms with Gasteiger partial charge in [0, 0.05) is 13.0 Å². The molecule has 19 heavy (non-hydrogen) atoms. The van der Waals surface area contributed by atoms with E-state index in [4.69, 9.17) is 0 Å². The van der Waals surface area contributed by atoms with Gasteiger partial charge in [-0.25, -0.2) is 4.39 Å². The van der Waals surface area contributed by atoms with Gasteiger partial charge in [0.1, 0.15) is 5.82 Å². The lowest BCUT2D eigenvalue weighted by atomic mass is 9.88. The summed E-state index contributed by atoms with van der Waals surface area (Å²) in [6, 6.07) is 6.02. The van der Waals surface area contributed by atoms with Crippen molar-refractivity contribution in [2.75, 3.05) is 6.54 Å². The molecule has 3 nitrogen and oxygen atoms in total. The van der Waals surface area contributed by atoms with Gasteiger partial charge in [0.05, 0.1) is 12.0 Å². The number of hydrogen-bond acceptors (Lipinski definition) is 2. The lowest BCUT2D eigenvalue weighted by Gasteiger charge is -2.41. The Balaban J connectivity index is 2.13. The number of likely N-dealkylation sites (tertiary alicyclic amines) is 1. The summed E-state index contributed by atoms with van der Waals surface area (Å²) in [5, 5.41) is 0. The Bertz CT molecular complexity index is 511. The zero-order chi connectivity index (χ0) is 14.0. The predicted octanol–water partition coefficient (Wildman–Crippen LogP) is 2.34. The number of nitrogens with zero attached hydrogens (tertiary/aromatic N) is 1. The van der Waals surface area contributed by atoms with Crippen LogP contribution in [0.1, 0.15) is 32.3 Å². The van der Waals surface area contributed by atoms with Gasteiger partial charge in [-0.2, -0.15) is 0 Å². The summed E-state index contributed by atoms with van der Waals surface area (Å²) < 4.78 is 13.1. The number of benzene rings is 1. The predicted molar refractivity (Wildman–Crippen MR) is 70.1 cm³/mol. The van der Waals surface area contributed by atoms with Crippen LogP contribution in [0.5, 0.6) is 0 Å². The number of halogens is 1. The summed E-state index contributed by atoms with van der Waals surface area (Å²) in [4.78, 5) is 25.8. The fraction of sp³-hybridized carbons (Fsp3) is 0.467. The van der Waals surface area contributed by atoms with Gasteiger partial charge in [-0.15, -0.1) is 0 Å². The topological polar surface area (TPSA) is 37.4 Å². The van der Waals surface area contributed by atoms with Crippen LogP contribution in [0.15, 0.2) is 24.3 Å². The van der Waals surface area contributed by atoms with Crippen LogP contribution in [0.4, 0.5) is 4.39 Å². The molecule has 0 saturated carbocycles. The fourth-order valence-corrected chi connectivity index (χ4v) is 2.49. The molecule has 0 aliphatic carbocycles. The number of piperidine rings is 1. The third-order valence-corrected chi connectivity index (χ3v) is 3.69. The van der Waals surface area contributed by atoms with E-state index in [1.807, 2.05) is 0 Å². The maximum Gasteiger partial charge on any atom is 0.227 e. The molecule has 0 unspecified atom stereocenters. The number of Topliss-reactive ketones (excluding diaryl/α,β-unsaturated/α-hetero) is 1. The molecule has 0 N–H and O–H groups in total. The van der Waals surface area contributed by atoms with Crippen molar-refractivity contribution < 1.29 is 14.0 Å². The molecule has 2 rings (SSSR count). The Morgan fingerprint density at radius 1 is 1.42 bits per heavy atom. The van der Waals surface area contributed by atoms with E-state index in [-0.39, 0.29) is 23.9 Å². The molecule has 0 radical (unpaired) electrons. The van der Waals surface area contributed by atoms with Crippen molar-refractivity contribution in [2.45, 2.75) is 38.6 Å². The Labute approximate surface area is 112 Å². The van der Waals surface area contributed by atoms with Gasteiger partial charge in [0.25, 0.3) is 0 Å². The number of carbonyl (C=O) groups is 2. The van der Waals surface area contributed by atoms with Gasteiger partial charge in [-0.05, 0) is 38.0 Å². The minimum Gasteiger partial charge on any atom is -0.330 e. The summed E-state index contributed by atoms with van der Waals surface area (Å²) in [5.41, 5.74) is -0.110. The van der Waals surface area contributed by atoms with Crippen LogP contribution < -0.4 is 0 Å². The Kier molecular flexibility index (Phi) is 3.69. The molecule has 0 aromatic heterocycles. The van der Waals surface area contributed by atoms with Crippen molar-refractivity contribution in [3.63, 3.8) is 0 Å². The van der Waals surface area contributed by atoms with Crippen molar-refractivity contribution in [1.82, 2.24) is 4.90 Å². The van der Waals surface area contributed by atoms with E-state index in [2.05, 4.69) is 0 Å². The first-order chi connectivity index (χ1) is 8.91. The highest BCUT2D eigenvalue weighted by molar-refractivity contribution is 5.93. The standard InChI is InChI=1S/C15H18FNO2/c1-15(2)13(18)7-4-8-17(15)14(19)10-11-5-3-6-12(16)9-11/h3,5-6,9H,4,7-8,10H2,1-2H3. The van der Waals surface area contributed by atoms with Gasteiger partial charge in [0.2, 0.25) is 5.91 Å². The molecular weight excluding hydrogens is 245 g/mol. The number of rotatable bonds is 2. The van der Waals surface area contributed by atoms with E-state index in [0.29, 0.717) is 24.9 Å². The third kappa shape index (κ3) is 2.83. The highest BCUT2D eigenvalue weighted by atomic mass is 19.1. The lowest BCUT2D eigenvalue weighted by Crippen LogP contribution is -2.56. The third-order valence-electron chi connectivity index (χ3n) is 3.69. The van der Waals surface area contributed by atoms with Crippen LogP contribution in [0.2, 0.25) is 0 Å². The normalized spacial score (nSPS) is 18.5. The monoisotopic (exact) mass is 263 g/mol. The molecular formula is C15H18FNO2. The van der Waals surface area contributed by atoms with Crippen LogP contribution in [0.3, 0.4) is 0 Å². The number of ketones is 1. The van der Waals surface area contributed by atoms with Crippen molar-refractivity contribution in [1.29, 1.82) is 0 Å². The second kappa shape index (κ2) is 5.11. The Hall–Kier alpha value is -1.71. The molecule has 4 heteroatoms. The van der Waals surface area contributed by atoms with Crippen LogP contribution in [0.25, 0.3) is 0 Å². The van der Waals surface area contributed by atoms with Crippen molar-refractivity contribution >= 4 is 11.7 Å². The summed E-state index contributed by atoms with van der Waals surface area (Å²) in [5.74, 6) is -0.380. The van der Waals surface area contributed by atoms with Gasteiger partial charge in [0.15, 0.2) is 5.78 Å². The fourth-order valence-electron chi connectivity index (χ4n) is 2.49. The minimum absolute atomic E-state index is 0.0892. The highest BCUT2D eigenvalue weighted by Gasteiger charge is 2.39. The minimum atomic E-state index is -0.747. The lowest BCUT2D eigenvalue weighted by molar-refractivity contribution is -0.147. The average Bonchev–Trinajstić information content (AvgIpc) is 2.32. The molecule has 102 valence electrons. The van der Waals surface area contributed by atoms with Gasteiger partial charge in [-0.3, -0.25) is 9.59 Å². The van der Waals surface area contributed by atoms with Gasteiger partial charge in [-0.1, -0.05) is 12.1 Å². The van der Waals surface area contributed by atoms with Crippen molar-refractivity contribution in [3.05, 3.63) is 35.6 Å². The SMILES string of the molecule is CC1(C)C(=O)CCCN1C(=O)Cc1cccc(F)c1. The zero-order valence-corrected chi connectivity index (χ0v) is 11.3. The average molecular weight is 263 g/mol. The molecule has 0 spiro atoms. The smallest absolute Gasteiger partial charge is 0.227 e. The molecule has 1 saturated heterocycles.